The lowest BCUT2D eigenvalue weighted by atomic mass is 10.2. The molecular weight excluding hydrogens is 310 g/mol. The second-order valence-corrected chi connectivity index (χ2v) is 5.85. The van der Waals surface area contributed by atoms with Crippen LogP contribution in [0.25, 0.3) is 10.2 Å². The molecule has 2 aromatic heterocycles. The Bertz CT molecular complexity index is 788. The minimum absolute atomic E-state index is 0.517. The monoisotopic (exact) mass is 329 g/mol. The zero-order valence-corrected chi connectivity index (χ0v) is 14.0. The van der Waals surface area contributed by atoms with E-state index in [0.29, 0.717) is 19.8 Å². The van der Waals surface area contributed by atoms with E-state index in [1.165, 1.54) is 5.56 Å². The summed E-state index contributed by atoms with van der Waals surface area (Å²) in [6.45, 7) is 5.83. The van der Waals surface area contributed by atoms with Gasteiger partial charge < -0.3 is 14.8 Å². The maximum atomic E-state index is 5.81. The highest BCUT2D eigenvalue weighted by Crippen LogP contribution is 2.33. The number of benzene rings is 1. The number of rotatable bonds is 7. The fraction of sp³-hybridized carbons (Fsp3) is 0.294. The second kappa shape index (κ2) is 7.39. The van der Waals surface area contributed by atoms with E-state index in [2.05, 4.69) is 27.6 Å². The maximum Gasteiger partial charge on any atom is 0.142 e. The van der Waals surface area contributed by atoms with Gasteiger partial charge >= 0.3 is 0 Å². The van der Waals surface area contributed by atoms with Crippen LogP contribution in [0, 0.1) is 6.92 Å². The van der Waals surface area contributed by atoms with Crippen LogP contribution in [0.4, 0.5) is 11.5 Å². The number of nitrogens with one attached hydrogen (secondary N) is 1. The smallest absolute Gasteiger partial charge is 0.142 e. The molecule has 0 aliphatic rings. The van der Waals surface area contributed by atoms with E-state index in [0.717, 1.165) is 27.5 Å². The van der Waals surface area contributed by atoms with E-state index in [-0.39, 0.29) is 0 Å². The molecule has 0 aliphatic heterocycles. The Hall–Kier alpha value is -2.18. The van der Waals surface area contributed by atoms with Crippen LogP contribution in [0.3, 0.4) is 0 Å². The summed E-state index contributed by atoms with van der Waals surface area (Å²) in [4.78, 5) is 9.69. The van der Waals surface area contributed by atoms with E-state index >= 15 is 0 Å². The van der Waals surface area contributed by atoms with E-state index in [9.17, 15) is 0 Å². The molecule has 23 heavy (non-hydrogen) atoms. The summed E-state index contributed by atoms with van der Waals surface area (Å²) in [5, 5.41) is 6.52. The topological polar surface area (TPSA) is 56.3 Å². The highest BCUT2D eigenvalue weighted by atomic mass is 32.1. The van der Waals surface area contributed by atoms with Crippen LogP contribution in [0.1, 0.15) is 12.5 Å². The summed E-state index contributed by atoms with van der Waals surface area (Å²) in [5.74, 6) is 1.58. The number of fused-ring (bicyclic) bond motifs is 1. The molecule has 2 heterocycles. The van der Waals surface area contributed by atoms with Crippen LogP contribution in [-0.2, 0) is 4.74 Å². The zero-order valence-electron chi connectivity index (χ0n) is 13.2. The number of hydrogen-bond acceptors (Lipinski definition) is 6. The molecule has 3 aromatic rings. The number of aromatic nitrogens is 2. The first-order valence-electron chi connectivity index (χ1n) is 7.55. The van der Waals surface area contributed by atoms with Gasteiger partial charge in [-0.2, -0.15) is 0 Å². The molecule has 3 rings (SSSR count). The minimum Gasteiger partial charge on any atom is -0.489 e. The fourth-order valence-corrected chi connectivity index (χ4v) is 3.18. The van der Waals surface area contributed by atoms with Crippen LogP contribution in [0.2, 0.25) is 0 Å². The number of nitrogens with zero attached hydrogens (tertiary/aromatic N) is 2. The molecular formula is C17H19N3O2S. The third kappa shape index (κ3) is 3.60. The molecule has 0 aliphatic carbocycles. The van der Waals surface area contributed by atoms with Gasteiger partial charge in [0.25, 0.3) is 0 Å². The Labute approximate surface area is 139 Å². The SMILES string of the molecule is CCOCCOc1ccccc1Nc1ncnc2scc(C)c12. The van der Waals surface area contributed by atoms with Crippen LogP contribution >= 0.6 is 11.3 Å². The normalized spacial score (nSPS) is 10.9. The average Bonchev–Trinajstić information content (AvgIpc) is 2.95. The molecule has 120 valence electrons. The first-order chi connectivity index (χ1) is 11.3. The van der Waals surface area contributed by atoms with Gasteiger partial charge in [0.1, 0.15) is 29.3 Å². The molecule has 5 nitrogen and oxygen atoms in total. The minimum atomic E-state index is 0.517. The molecule has 0 radical (unpaired) electrons. The summed E-state index contributed by atoms with van der Waals surface area (Å²) < 4.78 is 11.1. The van der Waals surface area contributed by atoms with Gasteiger partial charge in [0.2, 0.25) is 0 Å². The summed E-state index contributed by atoms with van der Waals surface area (Å²) in [6, 6.07) is 7.84. The van der Waals surface area contributed by atoms with Crippen LogP contribution in [0.15, 0.2) is 36.0 Å². The molecule has 0 saturated heterocycles. The Balaban J connectivity index is 1.83. The second-order valence-electron chi connectivity index (χ2n) is 4.99. The maximum absolute atomic E-state index is 5.81. The molecule has 0 unspecified atom stereocenters. The number of thiophene rings is 1. The Kier molecular flexibility index (Phi) is 5.05. The number of aryl methyl sites for hydroxylation is 1. The molecule has 0 spiro atoms. The van der Waals surface area contributed by atoms with Crippen LogP contribution in [-0.4, -0.2) is 29.8 Å². The van der Waals surface area contributed by atoms with Crippen molar-refractivity contribution in [1.29, 1.82) is 0 Å². The summed E-state index contributed by atoms with van der Waals surface area (Å²) in [5.41, 5.74) is 2.05. The van der Waals surface area contributed by atoms with E-state index in [1.807, 2.05) is 31.2 Å². The molecule has 1 aromatic carbocycles. The van der Waals surface area contributed by atoms with Crippen molar-refractivity contribution < 1.29 is 9.47 Å². The standard InChI is InChI=1S/C17H19N3O2S/c1-3-21-8-9-22-14-7-5-4-6-13(14)20-16-15-12(2)10-23-17(15)19-11-18-16/h4-7,10-11H,3,8-9H2,1-2H3,(H,18,19,20). The van der Waals surface area contributed by atoms with Crippen molar-refractivity contribution in [2.24, 2.45) is 0 Å². The number of anilines is 2. The quantitative estimate of drug-likeness (QED) is 0.660. The van der Waals surface area contributed by atoms with Gasteiger partial charge in [-0.1, -0.05) is 12.1 Å². The van der Waals surface area contributed by atoms with Crippen molar-refractivity contribution >= 4 is 33.1 Å². The average molecular weight is 329 g/mol. The van der Waals surface area contributed by atoms with Crippen molar-refractivity contribution in [3.63, 3.8) is 0 Å². The summed E-state index contributed by atoms with van der Waals surface area (Å²) >= 11 is 1.62. The number of ether oxygens (including phenoxy) is 2. The summed E-state index contributed by atoms with van der Waals surface area (Å²) in [7, 11) is 0. The first kappa shape index (κ1) is 15.7. The lowest BCUT2D eigenvalue weighted by molar-refractivity contribution is 0.110. The number of hydrogen-bond donors (Lipinski definition) is 1. The fourth-order valence-electron chi connectivity index (χ4n) is 2.29. The van der Waals surface area contributed by atoms with Crippen molar-refractivity contribution in [3.05, 3.63) is 41.5 Å². The predicted molar refractivity (Wildman–Crippen MR) is 93.9 cm³/mol. The van der Waals surface area contributed by atoms with E-state index in [1.54, 1.807) is 17.7 Å². The molecule has 0 saturated carbocycles. The van der Waals surface area contributed by atoms with Crippen molar-refractivity contribution in [2.45, 2.75) is 13.8 Å². The van der Waals surface area contributed by atoms with Gasteiger partial charge in [0, 0.05) is 6.61 Å². The van der Waals surface area contributed by atoms with Crippen LogP contribution < -0.4 is 10.1 Å². The van der Waals surface area contributed by atoms with Gasteiger partial charge in [-0.25, -0.2) is 9.97 Å². The molecule has 0 amide bonds. The van der Waals surface area contributed by atoms with Gasteiger partial charge in [-0.15, -0.1) is 11.3 Å². The lowest BCUT2D eigenvalue weighted by Gasteiger charge is -2.13. The lowest BCUT2D eigenvalue weighted by Crippen LogP contribution is -2.07. The Morgan fingerprint density at radius 1 is 1.17 bits per heavy atom. The predicted octanol–water partition coefficient (Wildman–Crippen LogP) is 4.16. The largest absolute Gasteiger partial charge is 0.489 e. The van der Waals surface area contributed by atoms with E-state index in [4.69, 9.17) is 9.47 Å². The van der Waals surface area contributed by atoms with Gasteiger partial charge in [-0.3, -0.25) is 0 Å². The molecule has 0 fully saturated rings. The molecule has 0 bridgehead atoms. The van der Waals surface area contributed by atoms with Gasteiger partial charge in [0.15, 0.2) is 0 Å². The number of para-hydroxylation sites is 2. The van der Waals surface area contributed by atoms with Crippen molar-refractivity contribution in [3.8, 4) is 5.75 Å². The molecule has 1 N–H and O–H groups in total. The first-order valence-corrected chi connectivity index (χ1v) is 8.43. The van der Waals surface area contributed by atoms with Crippen molar-refractivity contribution in [1.82, 2.24) is 9.97 Å². The Morgan fingerprint density at radius 2 is 2.04 bits per heavy atom. The Morgan fingerprint density at radius 3 is 2.91 bits per heavy atom. The van der Waals surface area contributed by atoms with E-state index < -0.39 is 0 Å². The summed E-state index contributed by atoms with van der Waals surface area (Å²) in [6.07, 6.45) is 1.58. The van der Waals surface area contributed by atoms with Gasteiger partial charge in [-0.05, 0) is 36.9 Å². The zero-order chi connectivity index (χ0) is 16.1. The van der Waals surface area contributed by atoms with Crippen molar-refractivity contribution in [2.75, 3.05) is 25.1 Å². The molecule has 6 heteroatoms. The highest BCUT2D eigenvalue weighted by molar-refractivity contribution is 7.17. The van der Waals surface area contributed by atoms with Gasteiger partial charge in [0.05, 0.1) is 17.7 Å². The third-order valence-electron chi connectivity index (χ3n) is 3.38. The van der Waals surface area contributed by atoms with Crippen LogP contribution in [0.5, 0.6) is 5.75 Å². The highest BCUT2D eigenvalue weighted by Gasteiger charge is 2.11. The molecule has 0 atom stereocenters. The third-order valence-corrected chi connectivity index (χ3v) is 4.39.